The number of carbonyl (C=O) groups excluding carboxylic acids is 4. The minimum atomic E-state index is -1.00. The number of esters is 1. The number of aromatic hydroxyl groups is 2. The number of carbonyl (C=O) groups is 4. The Bertz CT molecular complexity index is 2090. The Hall–Kier alpha value is -5.59. The number of ketones is 1. The third-order valence-corrected chi connectivity index (χ3v) is 11.1. The summed E-state index contributed by atoms with van der Waals surface area (Å²) in [5.74, 6) is -2.28. The predicted molar refractivity (Wildman–Crippen MR) is 201 cm³/mol. The van der Waals surface area contributed by atoms with Crippen LogP contribution in [-0.4, -0.2) is 75.3 Å². The Morgan fingerprint density at radius 2 is 1.78 bits per heavy atom. The zero-order chi connectivity index (χ0) is 38.8. The molecule has 5 atom stereocenters. The van der Waals surface area contributed by atoms with Crippen molar-refractivity contribution in [3.63, 3.8) is 0 Å². The molecule has 4 aliphatic heterocycles. The van der Waals surface area contributed by atoms with E-state index in [1.807, 2.05) is 6.07 Å². The number of pyridine rings is 1. The van der Waals surface area contributed by atoms with Crippen molar-refractivity contribution in [1.29, 1.82) is 0 Å². The van der Waals surface area contributed by atoms with Gasteiger partial charge in [0.25, 0.3) is 5.56 Å². The smallest absolute Gasteiger partial charge is 0.342 e. The first-order chi connectivity index (χ1) is 26.5. The monoisotopic (exact) mass is 753 g/mol. The highest BCUT2D eigenvalue weighted by atomic mass is 16.7. The van der Waals surface area contributed by atoms with Gasteiger partial charge < -0.3 is 39.2 Å². The van der Waals surface area contributed by atoms with Crippen LogP contribution in [0.5, 0.6) is 23.0 Å². The summed E-state index contributed by atoms with van der Waals surface area (Å²) >= 11 is 0. The van der Waals surface area contributed by atoms with Crippen LogP contribution in [0, 0.1) is 5.92 Å². The fourth-order valence-corrected chi connectivity index (χ4v) is 8.43. The SMILES string of the molecule is C[C@H](NC(=O)CC(c1ccc2c(c1)OCO2)c1c(O)cc2c(c1O)C(=O)O[C@@H](C)CCCC(=O)CCC/C=C/2)C(=O)N1C[C@H]2C[C@@H](C1)c1cccc(=O)n1C2. The molecule has 3 aromatic rings. The summed E-state index contributed by atoms with van der Waals surface area (Å²) in [5.41, 5.74) is 1.37. The van der Waals surface area contributed by atoms with Crippen molar-refractivity contribution >= 4 is 29.6 Å². The topological polar surface area (TPSA) is 174 Å². The molecule has 1 unspecified atom stereocenters. The molecule has 2 amide bonds. The van der Waals surface area contributed by atoms with E-state index in [9.17, 15) is 34.2 Å². The second-order valence-electron chi connectivity index (χ2n) is 15.2. The third-order valence-electron chi connectivity index (χ3n) is 11.1. The van der Waals surface area contributed by atoms with Gasteiger partial charge in [-0.3, -0.25) is 19.2 Å². The molecule has 0 radical (unpaired) electrons. The highest BCUT2D eigenvalue weighted by Crippen LogP contribution is 2.46. The van der Waals surface area contributed by atoms with Gasteiger partial charge in [0.1, 0.15) is 28.9 Å². The Labute approximate surface area is 318 Å². The van der Waals surface area contributed by atoms with Crippen molar-refractivity contribution in [1.82, 2.24) is 14.8 Å². The zero-order valence-electron chi connectivity index (χ0n) is 31.1. The summed E-state index contributed by atoms with van der Waals surface area (Å²) < 4.78 is 18.7. The molecule has 3 N–H and O–H groups in total. The number of allylic oxidation sites excluding steroid dienone is 1. The number of amides is 2. The van der Waals surface area contributed by atoms with Gasteiger partial charge in [0.05, 0.1) is 6.10 Å². The molecule has 290 valence electrons. The maximum absolute atomic E-state index is 13.9. The fraction of sp³-hybridized carbons (Fsp3) is 0.452. The lowest BCUT2D eigenvalue weighted by molar-refractivity contribution is -0.138. The molecule has 55 heavy (non-hydrogen) atoms. The van der Waals surface area contributed by atoms with E-state index in [0.29, 0.717) is 75.2 Å². The first kappa shape index (κ1) is 37.7. The first-order valence-corrected chi connectivity index (χ1v) is 19.1. The van der Waals surface area contributed by atoms with Crippen molar-refractivity contribution in [3.8, 4) is 23.0 Å². The normalized spacial score (nSPS) is 22.7. The number of nitrogens with one attached hydrogen (secondary N) is 1. The number of phenols is 2. The maximum atomic E-state index is 13.9. The fourth-order valence-electron chi connectivity index (χ4n) is 8.43. The van der Waals surface area contributed by atoms with E-state index >= 15 is 0 Å². The molecule has 0 spiro atoms. The predicted octanol–water partition coefficient (Wildman–Crippen LogP) is 5.14. The molecule has 2 aromatic carbocycles. The van der Waals surface area contributed by atoms with Crippen LogP contribution in [0.25, 0.3) is 6.08 Å². The number of piperidine rings is 1. The molecule has 1 saturated heterocycles. The Balaban J connectivity index is 1.17. The lowest BCUT2D eigenvalue weighted by Crippen LogP contribution is -2.54. The van der Waals surface area contributed by atoms with E-state index in [4.69, 9.17) is 14.2 Å². The van der Waals surface area contributed by atoms with Gasteiger partial charge in [-0.2, -0.15) is 0 Å². The molecular weight excluding hydrogens is 706 g/mol. The summed E-state index contributed by atoms with van der Waals surface area (Å²) in [5, 5.41) is 26.4. The Kier molecular flexibility index (Phi) is 11.0. The van der Waals surface area contributed by atoms with Crippen molar-refractivity contribution < 1.29 is 43.6 Å². The highest BCUT2D eigenvalue weighted by molar-refractivity contribution is 5.98. The van der Waals surface area contributed by atoms with Crippen LogP contribution in [0.1, 0.15) is 110 Å². The van der Waals surface area contributed by atoms with Crippen LogP contribution in [0.2, 0.25) is 0 Å². The van der Waals surface area contributed by atoms with Gasteiger partial charge in [-0.05, 0) is 87.3 Å². The van der Waals surface area contributed by atoms with E-state index in [1.54, 1.807) is 65.8 Å². The second kappa shape index (κ2) is 16.0. The number of nitrogens with zero attached hydrogens (tertiary/aromatic N) is 2. The van der Waals surface area contributed by atoms with E-state index in [2.05, 4.69) is 5.32 Å². The van der Waals surface area contributed by atoms with Gasteiger partial charge in [-0.1, -0.05) is 24.3 Å². The molecule has 5 heterocycles. The molecule has 4 aliphatic rings. The van der Waals surface area contributed by atoms with E-state index in [0.717, 1.165) is 12.1 Å². The van der Waals surface area contributed by atoms with E-state index in [1.165, 1.54) is 6.07 Å². The van der Waals surface area contributed by atoms with Crippen LogP contribution < -0.4 is 20.3 Å². The maximum Gasteiger partial charge on any atom is 0.342 e. The number of Topliss-reactive ketones (excluding diaryl/α,β-unsaturated/α-hetero) is 1. The average molecular weight is 754 g/mol. The van der Waals surface area contributed by atoms with Crippen molar-refractivity contribution in [3.05, 3.63) is 86.8 Å². The van der Waals surface area contributed by atoms with Crippen LogP contribution in [-0.2, 0) is 25.7 Å². The lowest BCUT2D eigenvalue weighted by Gasteiger charge is -2.43. The number of fused-ring (bicyclic) bond motifs is 6. The molecule has 7 rings (SSSR count). The number of cyclic esters (lactones) is 1. The summed E-state index contributed by atoms with van der Waals surface area (Å²) in [7, 11) is 0. The molecule has 0 saturated carbocycles. The minimum Gasteiger partial charge on any atom is -0.507 e. The van der Waals surface area contributed by atoms with Gasteiger partial charge in [-0.15, -0.1) is 0 Å². The molecule has 1 fully saturated rings. The molecular formula is C42H47N3O10. The number of hydrogen-bond acceptors (Lipinski definition) is 10. The summed E-state index contributed by atoms with van der Waals surface area (Å²) in [6, 6.07) is 10.7. The molecule has 0 aliphatic carbocycles. The average Bonchev–Trinajstić information content (AvgIpc) is 3.62. The van der Waals surface area contributed by atoms with E-state index in [-0.39, 0.29) is 64.7 Å². The molecule has 13 nitrogen and oxygen atoms in total. The summed E-state index contributed by atoms with van der Waals surface area (Å²) in [6.07, 6.45) is 6.41. The molecule has 13 heteroatoms. The van der Waals surface area contributed by atoms with Crippen LogP contribution in [0.3, 0.4) is 0 Å². The van der Waals surface area contributed by atoms with Gasteiger partial charge in [-0.25, -0.2) is 4.79 Å². The second-order valence-corrected chi connectivity index (χ2v) is 15.2. The Morgan fingerprint density at radius 1 is 0.982 bits per heavy atom. The van der Waals surface area contributed by atoms with Gasteiger partial charge >= 0.3 is 5.97 Å². The van der Waals surface area contributed by atoms with E-state index < -0.39 is 35.7 Å². The Morgan fingerprint density at radius 3 is 2.62 bits per heavy atom. The van der Waals surface area contributed by atoms with Crippen molar-refractivity contribution in [2.24, 2.45) is 5.92 Å². The van der Waals surface area contributed by atoms with Gasteiger partial charge in [0.15, 0.2) is 11.5 Å². The quantitative estimate of drug-likeness (QED) is 0.286. The number of benzene rings is 2. The third kappa shape index (κ3) is 8.11. The number of aromatic nitrogens is 1. The van der Waals surface area contributed by atoms with Crippen LogP contribution in [0.4, 0.5) is 0 Å². The van der Waals surface area contributed by atoms with Gasteiger partial charge in [0, 0.05) is 68.1 Å². The van der Waals surface area contributed by atoms with Crippen molar-refractivity contribution in [2.45, 2.75) is 95.7 Å². The van der Waals surface area contributed by atoms with Crippen LogP contribution in [0.15, 0.2) is 53.3 Å². The van der Waals surface area contributed by atoms with Crippen LogP contribution >= 0.6 is 0 Å². The summed E-state index contributed by atoms with van der Waals surface area (Å²) in [4.78, 5) is 68.0. The number of rotatable bonds is 6. The molecule has 2 bridgehead atoms. The minimum absolute atomic E-state index is 0.00394. The molecule has 1 aromatic heterocycles. The standard InChI is InChI=1S/C42H47N3O10/c1-24-8-6-11-30(46)10-5-3-4-9-28-17-33(47)39(40(50)38(28)42(52)55-24)31(27-14-15-34-35(18-27)54-23-53-34)19-36(48)43-25(2)41(51)44-20-26-16-29(22-44)32-12-7-13-37(49)45(32)21-26/h4,7,9,12-15,17-18,24-26,29,31,47,50H,3,5-6,8,10-11,16,19-23H2,1-2H3,(H,43,48)/b9-4+/t24-,25-,26+,29-,31?/m0/s1. The van der Waals surface area contributed by atoms with Gasteiger partial charge in [0.2, 0.25) is 18.6 Å². The number of phenolic OH excluding ortho intramolecular Hbond substituents is 2. The number of likely N-dealkylation sites (tertiary alicyclic amines) is 1. The number of ether oxygens (including phenoxy) is 3. The largest absolute Gasteiger partial charge is 0.507 e. The number of hydrogen-bond donors (Lipinski definition) is 3. The zero-order valence-corrected chi connectivity index (χ0v) is 31.1. The highest BCUT2D eigenvalue weighted by Gasteiger charge is 2.38. The first-order valence-electron chi connectivity index (χ1n) is 19.1. The summed E-state index contributed by atoms with van der Waals surface area (Å²) in [6.45, 7) is 4.78. The lowest BCUT2D eigenvalue weighted by atomic mass is 9.83. The van der Waals surface area contributed by atoms with Crippen molar-refractivity contribution in [2.75, 3.05) is 19.9 Å².